The molecular weight excluding hydrogens is 336 g/mol. The number of likely N-dealkylation sites (tertiary alicyclic amines) is 1. The SMILES string of the molecule is CN1CCC(NCc2nnc(-c3ccccc3Br)o2)C1=O. The van der Waals surface area contributed by atoms with Crippen LogP contribution in [0.2, 0.25) is 0 Å². The molecule has 1 aliphatic rings. The van der Waals surface area contributed by atoms with Gasteiger partial charge in [0.1, 0.15) is 0 Å². The zero-order chi connectivity index (χ0) is 14.8. The number of nitrogens with zero attached hydrogens (tertiary/aromatic N) is 3. The summed E-state index contributed by atoms with van der Waals surface area (Å²) in [5.74, 6) is 1.05. The molecule has 21 heavy (non-hydrogen) atoms. The number of likely N-dealkylation sites (N-methyl/N-ethyl adjacent to an activating group) is 1. The van der Waals surface area contributed by atoms with E-state index in [4.69, 9.17) is 4.42 Å². The van der Waals surface area contributed by atoms with Crippen LogP contribution in [0.5, 0.6) is 0 Å². The number of carbonyl (C=O) groups excluding carboxylic acids is 1. The van der Waals surface area contributed by atoms with Gasteiger partial charge in [-0.25, -0.2) is 0 Å². The lowest BCUT2D eigenvalue weighted by Crippen LogP contribution is -2.36. The van der Waals surface area contributed by atoms with Gasteiger partial charge in [0, 0.05) is 18.1 Å². The second-order valence-corrected chi connectivity index (χ2v) is 5.82. The Bertz CT molecular complexity index is 658. The van der Waals surface area contributed by atoms with Crippen LogP contribution >= 0.6 is 15.9 Å². The lowest BCUT2D eigenvalue weighted by molar-refractivity contribution is -0.128. The number of amides is 1. The van der Waals surface area contributed by atoms with Gasteiger partial charge in [-0.1, -0.05) is 12.1 Å². The Kier molecular flexibility index (Phi) is 4.03. The summed E-state index contributed by atoms with van der Waals surface area (Å²) in [5, 5.41) is 11.2. The van der Waals surface area contributed by atoms with Gasteiger partial charge in [0.25, 0.3) is 0 Å². The summed E-state index contributed by atoms with van der Waals surface area (Å²) in [6.07, 6.45) is 0.806. The van der Waals surface area contributed by atoms with E-state index in [0.29, 0.717) is 18.3 Å². The lowest BCUT2D eigenvalue weighted by Gasteiger charge is -2.10. The number of hydrogen-bond acceptors (Lipinski definition) is 5. The van der Waals surface area contributed by atoms with Gasteiger partial charge in [0.15, 0.2) is 0 Å². The molecule has 0 spiro atoms. The van der Waals surface area contributed by atoms with Crippen molar-refractivity contribution in [2.24, 2.45) is 0 Å². The zero-order valence-electron chi connectivity index (χ0n) is 11.5. The molecule has 0 radical (unpaired) electrons. The van der Waals surface area contributed by atoms with Gasteiger partial charge < -0.3 is 9.32 Å². The van der Waals surface area contributed by atoms with E-state index in [0.717, 1.165) is 23.0 Å². The minimum Gasteiger partial charge on any atom is -0.419 e. The monoisotopic (exact) mass is 350 g/mol. The Morgan fingerprint density at radius 3 is 2.95 bits per heavy atom. The van der Waals surface area contributed by atoms with E-state index in [1.165, 1.54) is 0 Å². The summed E-state index contributed by atoms with van der Waals surface area (Å²) in [7, 11) is 1.81. The molecular formula is C14H15BrN4O2. The largest absolute Gasteiger partial charge is 0.419 e. The predicted octanol–water partition coefficient (Wildman–Crippen LogP) is 1.82. The van der Waals surface area contributed by atoms with Crippen molar-refractivity contribution < 1.29 is 9.21 Å². The highest BCUT2D eigenvalue weighted by atomic mass is 79.9. The van der Waals surface area contributed by atoms with E-state index in [9.17, 15) is 4.79 Å². The summed E-state index contributed by atoms with van der Waals surface area (Å²) in [4.78, 5) is 13.5. The average Bonchev–Trinajstić information content (AvgIpc) is 3.06. The molecule has 1 unspecified atom stereocenters. The van der Waals surface area contributed by atoms with Crippen LogP contribution in [-0.4, -0.2) is 40.6 Å². The Hall–Kier alpha value is -1.73. The van der Waals surface area contributed by atoms with E-state index in [1.807, 2.05) is 31.3 Å². The van der Waals surface area contributed by atoms with Crippen LogP contribution < -0.4 is 5.32 Å². The van der Waals surface area contributed by atoms with Gasteiger partial charge in [-0.3, -0.25) is 10.1 Å². The first-order valence-corrected chi connectivity index (χ1v) is 7.50. The maximum Gasteiger partial charge on any atom is 0.248 e. The van der Waals surface area contributed by atoms with Crippen molar-refractivity contribution in [1.29, 1.82) is 0 Å². The van der Waals surface area contributed by atoms with E-state index in [2.05, 4.69) is 31.4 Å². The molecule has 1 atom stereocenters. The minimum absolute atomic E-state index is 0.112. The van der Waals surface area contributed by atoms with Crippen molar-refractivity contribution in [2.75, 3.05) is 13.6 Å². The average molecular weight is 351 g/mol. The maximum atomic E-state index is 11.8. The third kappa shape index (κ3) is 2.98. The first-order valence-electron chi connectivity index (χ1n) is 6.71. The van der Waals surface area contributed by atoms with Gasteiger partial charge in [0.05, 0.1) is 18.2 Å². The van der Waals surface area contributed by atoms with E-state index in [1.54, 1.807) is 4.90 Å². The quantitative estimate of drug-likeness (QED) is 0.910. The van der Waals surface area contributed by atoms with Gasteiger partial charge in [-0.15, -0.1) is 10.2 Å². The van der Waals surface area contributed by atoms with Crippen LogP contribution in [0.15, 0.2) is 33.2 Å². The molecule has 1 N–H and O–H groups in total. The summed E-state index contributed by atoms with van der Waals surface area (Å²) in [6.45, 7) is 1.17. The number of hydrogen-bond donors (Lipinski definition) is 1. The molecule has 6 nitrogen and oxygen atoms in total. The molecule has 0 bridgehead atoms. The van der Waals surface area contributed by atoms with Crippen molar-refractivity contribution >= 4 is 21.8 Å². The molecule has 2 aromatic rings. The number of nitrogens with one attached hydrogen (secondary N) is 1. The second kappa shape index (κ2) is 5.95. The first-order chi connectivity index (χ1) is 10.1. The third-order valence-electron chi connectivity index (χ3n) is 3.50. The van der Waals surface area contributed by atoms with Crippen LogP contribution in [0, 0.1) is 0 Å². The fraction of sp³-hybridized carbons (Fsp3) is 0.357. The van der Waals surface area contributed by atoms with Gasteiger partial charge in [-0.2, -0.15) is 0 Å². The molecule has 1 aliphatic heterocycles. The summed E-state index contributed by atoms with van der Waals surface area (Å²) >= 11 is 3.46. The van der Waals surface area contributed by atoms with Crippen molar-refractivity contribution in [3.63, 3.8) is 0 Å². The fourth-order valence-corrected chi connectivity index (χ4v) is 2.75. The smallest absolute Gasteiger partial charge is 0.248 e. The molecule has 0 saturated carbocycles. The number of benzene rings is 1. The van der Waals surface area contributed by atoms with Crippen molar-refractivity contribution in [1.82, 2.24) is 20.4 Å². The van der Waals surface area contributed by atoms with Gasteiger partial charge in [-0.05, 0) is 34.5 Å². The topological polar surface area (TPSA) is 71.3 Å². The highest BCUT2D eigenvalue weighted by Crippen LogP contribution is 2.26. The van der Waals surface area contributed by atoms with Crippen LogP contribution in [0.25, 0.3) is 11.5 Å². The second-order valence-electron chi connectivity index (χ2n) is 4.96. The standard InChI is InChI=1S/C14H15BrN4O2/c1-19-7-6-11(14(19)20)16-8-12-17-18-13(21-12)9-4-2-3-5-10(9)15/h2-5,11,16H,6-8H2,1H3. The first kappa shape index (κ1) is 14.2. The summed E-state index contributed by atoms with van der Waals surface area (Å²) in [5.41, 5.74) is 0.855. The molecule has 1 saturated heterocycles. The van der Waals surface area contributed by atoms with E-state index in [-0.39, 0.29) is 11.9 Å². The van der Waals surface area contributed by atoms with Crippen LogP contribution in [0.3, 0.4) is 0 Å². The number of aromatic nitrogens is 2. The molecule has 1 aromatic heterocycles. The normalized spacial score (nSPS) is 18.5. The Balaban J connectivity index is 1.66. The minimum atomic E-state index is -0.159. The van der Waals surface area contributed by atoms with Gasteiger partial charge >= 0.3 is 0 Å². The predicted molar refractivity (Wildman–Crippen MR) is 80.3 cm³/mol. The van der Waals surface area contributed by atoms with Crippen LogP contribution in [-0.2, 0) is 11.3 Å². The zero-order valence-corrected chi connectivity index (χ0v) is 13.1. The van der Waals surface area contributed by atoms with Crippen LogP contribution in [0.4, 0.5) is 0 Å². The van der Waals surface area contributed by atoms with E-state index < -0.39 is 0 Å². The molecule has 1 fully saturated rings. The van der Waals surface area contributed by atoms with Crippen molar-refractivity contribution in [3.8, 4) is 11.5 Å². The van der Waals surface area contributed by atoms with E-state index >= 15 is 0 Å². The maximum absolute atomic E-state index is 11.8. The Labute approximate surface area is 130 Å². The third-order valence-corrected chi connectivity index (χ3v) is 4.19. The van der Waals surface area contributed by atoms with Crippen molar-refractivity contribution in [3.05, 3.63) is 34.6 Å². The lowest BCUT2D eigenvalue weighted by atomic mass is 10.2. The fourth-order valence-electron chi connectivity index (χ4n) is 2.29. The molecule has 1 aromatic carbocycles. The Morgan fingerprint density at radius 2 is 2.24 bits per heavy atom. The molecule has 3 rings (SSSR count). The van der Waals surface area contributed by atoms with Crippen LogP contribution in [0.1, 0.15) is 12.3 Å². The number of carbonyl (C=O) groups is 1. The molecule has 7 heteroatoms. The molecule has 0 aliphatic carbocycles. The summed E-state index contributed by atoms with van der Waals surface area (Å²) < 4.78 is 6.54. The highest BCUT2D eigenvalue weighted by Gasteiger charge is 2.28. The van der Waals surface area contributed by atoms with Gasteiger partial charge in [0.2, 0.25) is 17.7 Å². The Morgan fingerprint density at radius 1 is 1.43 bits per heavy atom. The number of halogens is 1. The number of rotatable bonds is 4. The summed E-state index contributed by atoms with van der Waals surface area (Å²) in [6, 6.07) is 7.51. The van der Waals surface area contributed by atoms with Crippen molar-refractivity contribution in [2.45, 2.75) is 19.0 Å². The molecule has 110 valence electrons. The highest BCUT2D eigenvalue weighted by molar-refractivity contribution is 9.10. The molecule has 2 heterocycles. The molecule has 1 amide bonds.